The minimum Gasteiger partial charge on any atom is -0.497 e. The number of hydrogen-bond donors (Lipinski definition) is 2. The van der Waals surface area contributed by atoms with E-state index < -0.39 is 0 Å². The topological polar surface area (TPSA) is 59.8 Å². The largest absolute Gasteiger partial charge is 0.497 e. The number of ether oxygens (including phenoxy) is 3. The van der Waals surface area contributed by atoms with Gasteiger partial charge in [0, 0.05) is 17.5 Å². The third-order valence-corrected chi connectivity index (χ3v) is 5.08. The van der Waals surface area contributed by atoms with Crippen LogP contribution in [0.4, 0.5) is 0 Å². The van der Waals surface area contributed by atoms with Crippen molar-refractivity contribution in [1.82, 2.24) is 0 Å². The summed E-state index contributed by atoms with van der Waals surface area (Å²) in [5.74, 6) is 2.51. The Hall–Kier alpha value is -2.24. The van der Waals surface area contributed by atoms with Gasteiger partial charge in [-0.1, -0.05) is 12.1 Å². The van der Waals surface area contributed by atoms with E-state index >= 15 is 0 Å². The van der Waals surface area contributed by atoms with E-state index in [1.165, 1.54) is 21.6 Å². The summed E-state index contributed by atoms with van der Waals surface area (Å²) in [5, 5.41) is 0. The normalized spacial score (nSPS) is 19.2. The van der Waals surface area contributed by atoms with E-state index in [4.69, 9.17) is 14.2 Å². The first kappa shape index (κ1) is 17.6. The number of hydrogen-bond acceptors (Lipinski definition) is 3. The Labute approximate surface area is 149 Å². The first-order valence-electron chi connectivity index (χ1n) is 8.71. The lowest BCUT2D eigenvalue weighted by Crippen LogP contribution is -3.13. The molecule has 25 heavy (non-hydrogen) atoms. The van der Waals surface area contributed by atoms with Gasteiger partial charge in [0.05, 0.1) is 27.9 Å². The van der Waals surface area contributed by atoms with Crippen LogP contribution >= 0.6 is 0 Å². The van der Waals surface area contributed by atoms with Gasteiger partial charge in [0.1, 0.15) is 18.8 Å². The van der Waals surface area contributed by atoms with Gasteiger partial charge in [-0.2, -0.15) is 0 Å². The molecule has 2 atom stereocenters. The predicted octanol–water partition coefficient (Wildman–Crippen LogP) is 0.637. The molecule has 2 aromatic carbocycles. The molecule has 134 valence electrons. The van der Waals surface area contributed by atoms with Crippen molar-refractivity contribution < 1.29 is 24.8 Å². The van der Waals surface area contributed by atoms with Crippen molar-refractivity contribution in [1.29, 1.82) is 0 Å². The summed E-state index contributed by atoms with van der Waals surface area (Å²) >= 11 is 0. The van der Waals surface area contributed by atoms with Gasteiger partial charge in [-0.3, -0.25) is 0 Å². The molecule has 1 heterocycles. The van der Waals surface area contributed by atoms with E-state index in [1.54, 1.807) is 21.3 Å². The second-order valence-corrected chi connectivity index (χ2v) is 6.43. The number of rotatable bonds is 6. The zero-order chi connectivity index (χ0) is 17.8. The summed E-state index contributed by atoms with van der Waals surface area (Å²) in [6.07, 6.45) is 1.03. The highest BCUT2D eigenvalue weighted by atomic mass is 16.5. The van der Waals surface area contributed by atoms with Crippen LogP contribution in [-0.2, 0) is 13.0 Å². The fraction of sp³-hybridized carbons (Fsp3) is 0.400. The molecule has 0 fully saturated rings. The summed E-state index contributed by atoms with van der Waals surface area (Å²) in [6, 6.07) is 12.9. The van der Waals surface area contributed by atoms with Crippen molar-refractivity contribution in [2.45, 2.75) is 19.0 Å². The Bertz CT molecular complexity index is 733. The van der Waals surface area contributed by atoms with Gasteiger partial charge in [0.2, 0.25) is 0 Å². The molecule has 3 rings (SSSR count). The maximum Gasteiger partial charge on any atom is 0.163 e. The van der Waals surface area contributed by atoms with Gasteiger partial charge in [-0.05, 0) is 29.8 Å². The van der Waals surface area contributed by atoms with Crippen molar-refractivity contribution in [2.24, 2.45) is 0 Å². The van der Waals surface area contributed by atoms with Crippen LogP contribution in [0.2, 0.25) is 0 Å². The second kappa shape index (κ2) is 7.76. The molecule has 4 N–H and O–H groups in total. The van der Waals surface area contributed by atoms with Gasteiger partial charge in [-0.25, -0.2) is 0 Å². The lowest BCUT2D eigenvalue weighted by Gasteiger charge is -2.33. The molecule has 0 aromatic heterocycles. The SMILES string of the molecule is COc1cccc(C[NH+]2CCc3cc(OC)c(OC)cc3[C@H]2C[NH3+])c1. The second-order valence-electron chi connectivity index (χ2n) is 6.43. The maximum absolute atomic E-state index is 5.51. The lowest BCUT2D eigenvalue weighted by atomic mass is 9.91. The Morgan fingerprint density at radius 3 is 2.48 bits per heavy atom. The average Bonchev–Trinajstić information content (AvgIpc) is 2.66. The molecule has 2 aromatic rings. The quantitative estimate of drug-likeness (QED) is 0.808. The molecule has 0 amide bonds. The molecule has 5 heteroatoms. The van der Waals surface area contributed by atoms with Crippen LogP contribution in [0.3, 0.4) is 0 Å². The predicted molar refractivity (Wildman–Crippen MR) is 96.3 cm³/mol. The van der Waals surface area contributed by atoms with Crippen LogP contribution in [0.25, 0.3) is 0 Å². The van der Waals surface area contributed by atoms with Crippen LogP contribution in [0.1, 0.15) is 22.7 Å². The molecule has 1 aliphatic heterocycles. The first-order valence-corrected chi connectivity index (χ1v) is 8.71. The van der Waals surface area contributed by atoms with Crippen LogP contribution in [0.15, 0.2) is 36.4 Å². The fourth-order valence-corrected chi connectivity index (χ4v) is 3.78. The van der Waals surface area contributed by atoms with Gasteiger partial charge < -0.3 is 24.8 Å². The van der Waals surface area contributed by atoms with Gasteiger partial charge in [-0.15, -0.1) is 0 Å². The number of fused-ring (bicyclic) bond motifs is 1. The van der Waals surface area contributed by atoms with Crippen molar-refractivity contribution in [2.75, 3.05) is 34.4 Å². The Kier molecular flexibility index (Phi) is 5.46. The number of methoxy groups -OCH3 is 3. The minimum atomic E-state index is 0.356. The molecule has 1 aliphatic rings. The lowest BCUT2D eigenvalue weighted by molar-refractivity contribution is -0.952. The molecular weight excluding hydrogens is 316 g/mol. The molecule has 0 saturated heterocycles. The average molecular weight is 344 g/mol. The first-order chi connectivity index (χ1) is 12.2. The third kappa shape index (κ3) is 3.57. The highest BCUT2D eigenvalue weighted by molar-refractivity contribution is 5.48. The van der Waals surface area contributed by atoms with Crippen molar-refractivity contribution in [3.63, 3.8) is 0 Å². The molecule has 5 nitrogen and oxygen atoms in total. The molecule has 0 bridgehead atoms. The maximum atomic E-state index is 5.51. The Morgan fingerprint density at radius 1 is 1.04 bits per heavy atom. The Balaban J connectivity index is 1.89. The van der Waals surface area contributed by atoms with Crippen LogP contribution in [-0.4, -0.2) is 34.4 Å². The highest BCUT2D eigenvalue weighted by Crippen LogP contribution is 2.33. The highest BCUT2D eigenvalue weighted by Gasteiger charge is 2.32. The number of benzene rings is 2. The van der Waals surface area contributed by atoms with E-state index in [2.05, 4.69) is 36.1 Å². The Morgan fingerprint density at radius 2 is 1.80 bits per heavy atom. The standard InChI is InChI=1S/C20H26N2O3/c1-23-16-6-4-5-14(9-16)13-22-8-7-15-10-19(24-2)20(25-3)11-17(15)18(22)12-21/h4-6,9-11,18H,7-8,12-13,21H2,1-3H3/p+2/t18-/m1/s1. The summed E-state index contributed by atoms with van der Waals surface area (Å²) < 4.78 is 16.3. The molecule has 0 saturated carbocycles. The zero-order valence-corrected chi connectivity index (χ0v) is 15.3. The molecule has 0 radical (unpaired) electrons. The number of nitrogens with one attached hydrogen (secondary N) is 1. The van der Waals surface area contributed by atoms with E-state index in [9.17, 15) is 0 Å². The number of quaternary nitrogens is 2. The summed E-state index contributed by atoms with van der Waals surface area (Å²) in [6.45, 7) is 2.90. The molecule has 0 aliphatic carbocycles. The van der Waals surface area contributed by atoms with E-state index in [1.807, 2.05) is 6.07 Å². The van der Waals surface area contributed by atoms with Gasteiger partial charge in [0.15, 0.2) is 17.5 Å². The summed E-state index contributed by atoms with van der Waals surface area (Å²) in [5.41, 5.74) is 8.18. The van der Waals surface area contributed by atoms with Gasteiger partial charge in [0.25, 0.3) is 0 Å². The van der Waals surface area contributed by atoms with Crippen LogP contribution in [0, 0.1) is 0 Å². The smallest absolute Gasteiger partial charge is 0.163 e. The van der Waals surface area contributed by atoms with Gasteiger partial charge >= 0.3 is 0 Å². The third-order valence-electron chi connectivity index (χ3n) is 5.08. The van der Waals surface area contributed by atoms with E-state index in [0.29, 0.717) is 6.04 Å². The molecular formula is C20H28N2O3+2. The van der Waals surface area contributed by atoms with Crippen molar-refractivity contribution in [3.8, 4) is 17.2 Å². The summed E-state index contributed by atoms with van der Waals surface area (Å²) in [7, 11) is 5.08. The molecule has 1 unspecified atom stereocenters. The summed E-state index contributed by atoms with van der Waals surface area (Å²) in [4.78, 5) is 1.53. The van der Waals surface area contributed by atoms with Crippen molar-refractivity contribution >= 4 is 0 Å². The minimum absolute atomic E-state index is 0.356. The van der Waals surface area contributed by atoms with Crippen molar-refractivity contribution in [3.05, 3.63) is 53.1 Å². The van der Waals surface area contributed by atoms with Crippen LogP contribution < -0.4 is 24.8 Å². The molecule has 0 spiro atoms. The van der Waals surface area contributed by atoms with E-state index in [-0.39, 0.29) is 0 Å². The van der Waals surface area contributed by atoms with Crippen LogP contribution in [0.5, 0.6) is 17.2 Å². The monoisotopic (exact) mass is 344 g/mol. The van der Waals surface area contributed by atoms with E-state index in [0.717, 1.165) is 43.3 Å². The zero-order valence-electron chi connectivity index (χ0n) is 15.3. The fourth-order valence-electron chi connectivity index (χ4n) is 3.78.